The van der Waals surface area contributed by atoms with Gasteiger partial charge in [0, 0.05) is 6.54 Å². The Morgan fingerprint density at radius 2 is 2.05 bits per heavy atom. The Morgan fingerprint density at radius 3 is 2.58 bits per heavy atom. The summed E-state index contributed by atoms with van der Waals surface area (Å²) in [7, 11) is 0. The maximum absolute atomic E-state index is 11.8. The van der Waals surface area contributed by atoms with Crippen LogP contribution in [-0.4, -0.2) is 42.9 Å². The second kappa shape index (κ2) is 6.23. The highest BCUT2D eigenvalue weighted by Gasteiger charge is 2.47. The maximum atomic E-state index is 11.8. The molecule has 3 atom stereocenters. The molecule has 6 nitrogen and oxygen atoms in total. The largest absolute Gasteiger partial charge is 0.481 e. The Hall–Kier alpha value is -1.30. The first-order valence-corrected chi connectivity index (χ1v) is 6.63. The second-order valence-corrected chi connectivity index (χ2v) is 5.87. The molecule has 0 bridgehead atoms. The number of urea groups is 1. The molecule has 0 aromatic rings. The van der Waals surface area contributed by atoms with Crippen molar-refractivity contribution in [3.63, 3.8) is 0 Å². The molecule has 1 heterocycles. The van der Waals surface area contributed by atoms with Gasteiger partial charge in [0.05, 0.1) is 19.3 Å². The normalized spacial score (nSPS) is 28.2. The average molecular weight is 272 g/mol. The SMILES string of the molecule is CC(C)C(C)CNC(=O)NC1COCC1(C)C(=O)O. The summed E-state index contributed by atoms with van der Waals surface area (Å²) in [6.45, 7) is 8.76. The van der Waals surface area contributed by atoms with Crippen LogP contribution in [0.5, 0.6) is 0 Å². The van der Waals surface area contributed by atoms with E-state index in [0.29, 0.717) is 18.4 Å². The number of amides is 2. The van der Waals surface area contributed by atoms with Crippen molar-refractivity contribution in [1.29, 1.82) is 0 Å². The number of nitrogens with one attached hydrogen (secondary N) is 2. The van der Waals surface area contributed by atoms with E-state index in [1.807, 2.05) is 0 Å². The Balaban J connectivity index is 2.46. The van der Waals surface area contributed by atoms with E-state index >= 15 is 0 Å². The van der Waals surface area contributed by atoms with E-state index in [1.165, 1.54) is 0 Å². The molecule has 1 rings (SSSR count). The second-order valence-electron chi connectivity index (χ2n) is 5.87. The van der Waals surface area contributed by atoms with E-state index in [1.54, 1.807) is 6.92 Å². The molecule has 0 aliphatic carbocycles. The van der Waals surface area contributed by atoms with Crippen LogP contribution < -0.4 is 10.6 Å². The summed E-state index contributed by atoms with van der Waals surface area (Å²) >= 11 is 0. The molecule has 0 saturated carbocycles. The van der Waals surface area contributed by atoms with Crippen LogP contribution in [0.1, 0.15) is 27.7 Å². The summed E-state index contributed by atoms with van der Waals surface area (Å²) in [6, 6.07) is -0.838. The molecule has 0 spiro atoms. The molecule has 1 saturated heterocycles. The molecule has 1 fully saturated rings. The van der Waals surface area contributed by atoms with Crippen molar-refractivity contribution >= 4 is 12.0 Å². The van der Waals surface area contributed by atoms with Gasteiger partial charge in [-0.2, -0.15) is 0 Å². The number of ether oxygens (including phenoxy) is 1. The molecule has 3 unspecified atom stereocenters. The molecule has 0 aromatic carbocycles. The Kier molecular flexibility index (Phi) is 5.17. The van der Waals surface area contributed by atoms with Gasteiger partial charge < -0.3 is 20.5 Å². The van der Waals surface area contributed by atoms with Crippen molar-refractivity contribution in [2.24, 2.45) is 17.3 Å². The predicted molar refractivity (Wildman–Crippen MR) is 70.9 cm³/mol. The quantitative estimate of drug-likeness (QED) is 0.698. The van der Waals surface area contributed by atoms with Crippen molar-refractivity contribution in [2.75, 3.05) is 19.8 Å². The predicted octanol–water partition coefficient (Wildman–Crippen LogP) is 1.07. The first kappa shape index (κ1) is 15.8. The van der Waals surface area contributed by atoms with E-state index in [-0.39, 0.29) is 19.2 Å². The Bertz CT molecular complexity index is 346. The molecule has 0 aromatic heterocycles. The van der Waals surface area contributed by atoms with Crippen LogP contribution in [0.15, 0.2) is 0 Å². The average Bonchev–Trinajstić information content (AvgIpc) is 2.69. The molecule has 6 heteroatoms. The molecule has 1 aliphatic heterocycles. The fourth-order valence-corrected chi connectivity index (χ4v) is 1.78. The molecule has 19 heavy (non-hydrogen) atoms. The van der Waals surface area contributed by atoms with Crippen LogP contribution in [0, 0.1) is 17.3 Å². The zero-order chi connectivity index (χ0) is 14.6. The van der Waals surface area contributed by atoms with Gasteiger partial charge in [-0.25, -0.2) is 4.79 Å². The molecular weight excluding hydrogens is 248 g/mol. The van der Waals surface area contributed by atoms with Crippen LogP contribution in [0.2, 0.25) is 0 Å². The van der Waals surface area contributed by atoms with Crippen molar-refractivity contribution in [3.05, 3.63) is 0 Å². The number of carbonyl (C=O) groups excluding carboxylic acids is 1. The Labute approximate surface area is 113 Å². The number of rotatable bonds is 5. The third-order valence-electron chi connectivity index (χ3n) is 3.97. The fourth-order valence-electron chi connectivity index (χ4n) is 1.78. The van der Waals surface area contributed by atoms with Crippen LogP contribution in [0.3, 0.4) is 0 Å². The lowest BCUT2D eigenvalue weighted by molar-refractivity contribution is -0.148. The maximum Gasteiger partial charge on any atom is 0.315 e. The van der Waals surface area contributed by atoms with E-state index in [9.17, 15) is 14.7 Å². The molecule has 2 amide bonds. The summed E-state index contributed by atoms with van der Waals surface area (Å²) in [5.74, 6) is -0.0957. The third kappa shape index (κ3) is 3.83. The van der Waals surface area contributed by atoms with Gasteiger partial charge in [0.1, 0.15) is 5.41 Å². The van der Waals surface area contributed by atoms with E-state index < -0.39 is 17.4 Å². The van der Waals surface area contributed by atoms with E-state index in [2.05, 4.69) is 31.4 Å². The molecule has 3 N–H and O–H groups in total. The monoisotopic (exact) mass is 272 g/mol. The first-order valence-electron chi connectivity index (χ1n) is 6.63. The zero-order valence-corrected chi connectivity index (χ0v) is 12.0. The van der Waals surface area contributed by atoms with Crippen molar-refractivity contribution in [1.82, 2.24) is 10.6 Å². The summed E-state index contributed by atoms with van der Waals surface area (Å²) < 4.78 is 5.18. The molecule has 0 radical (unpaired) electrons. The standard InChI is InChI=1S/C13H24N2O4/c1-8(2)9(3)5-14-12(18)15-10-6-19-7-13(10,4)11(16)17/h8-10H,5-7H2,1-4H3,(H,16,17)(H2,14,15,18). The highest BCUT2D eigenvalue weighted by molar-refractivity contribution is 5.79. The van der Waals surface area contributed by atoms with Crippen LogP contribution >= 0.6 is 0 Å². The van der Waals surface area contributed by atoms with Gasteiger partial charge in [0.25, 0.3) is 0 Å². The summed E-state index contributed by atoms with van der Waals surface area (Å²) in [6.07, 6.45) is 0. The lowest BCUT2D eigenvalue weighted by Gasteiger charge is -2.26. The molecule has 110 valence electrons. The number of carbonyl (C=O) groups is 2. The zero-order valence-electron chi connectivity index (χ0n) is 12.0. The number of carboxylic acid groups (broad SMARTS) is 1. The highest BCUT2D eigenvalue weighted by atomic mass is 16.5. The summed E-state index contributed by atoms with van der Waals surface area (Å²) in [5, 5.41) is 14.7. The van der Waals surface area contributed by atoms with Gasteiger partial charge in [0.2, 0.25) is 0 Å². The lowest BCUT2D eigenvalue weighted by atomic mass is 9.85. The van der Waals surface area contributed by atoms with Crippen molar-refractivity contribution < 1.29 is 19.4 Å². The number of aliphatic carboxylic acids is 1. The van der Waals surface area contributed by atoms with Crippen LogP contribution in [0.25, 0.3) is 0 Å². The fraction of sp³-hybridized carbons (Fsp3) is 0.846. The summed E-state index contributed by atoms with van der Waals surface area (Å²) in [5.41, 5.74) is -1.05. The molecule has 1 aliphatic rings. The number of hydrogen-bond donors (Lipinski definition) is 3. The van der Waals surface area contributed by atoms with Gasteiger partial charge in [-0.05, 0) is 18.8 Å². The topological polar surface area (TPSA) is 87.7 Å². The van der Waals surface area contributed by atoms with E-state index in [4.69, 9.17) is 4.74 Å². The van der Waals surface area contributed by atoms with Crippen molar-refractivity contribution in [3.8, 4) is 0 Å². The number of hydrogen-bond acceptors (Lipinski definition) is 3. The van der Waals surface area contributed by atoms with E-state index in [0.717, 1.165) is 0 Å². The van der Waals surface area contributed by atoms with Gasteiger partial charge in [-0.3, -0.25) is 4.79 Å². The minimum atomic E-state index is -1.05. The van der Waals surface area contributed by atoms with Gasteiger partial charge >= 0.3 is 12.0 Å². The third-order valence-corrected chi connectivity index (χ3v) is 3.97. The Morgan fingerprint density at radius 1 is 1.42 bits per heavy atom. The van der Waals surface area contributed by atoms with Gasteiger partial charge in [-0.15, -0.1) is 0 Å². The van der Waals surface area contributed by atoms with Crippen molar-refractivity contribution in [2.45, 2.75) is 33.7 Å². The minimum absolute atomic E-state index is 0.121. The van der Waals surface area contributed by atoms with Crippen LogP contribution in [0.4, 0.5) is 4.79 Å². The number of carboxylic acids is 1. The minimum Gasteiger partial charge on any atom is -0.481 e. The van der Waals surface area contributed by atoms with Gasteiger partial charge in [-0.1, -0.05) is 20.8 Å². The molecular formula is C13H24N2O4. The highest BCUT2D eigenvalue weighted by Crippen LogP contribution is 2.28. The van der Waals surface area contributed by atoms with Crippen LogP contribution in [-0.2, 0) is 9.53 Å². The summed E-state index contributed by atoms with van der Waals surface area (Å²) in [4.78, 5) is 23.0. The first-order chi connectivity index (χ1) is 8.77. The van der Waals surface area contributed by atoms with Gasteiger partial charge in [0.15, 0.2) is 0 Å². The smallest absolute Gasteiger partial charge is 0.315 e. The lowest BCUT2D eigenvalue weighted by Crippen LogP contribution is -2.52.